The fraction of sp³-hybridized carbons (Fsp3) is 0.0714. The minimum Gasteiger partial charge on any atom is -0.465 e. The van der Waals surface area contributed by atoms with Gasteiger partial charge in [0, 0.05) is 9.50 Å². The van der Waals surface area contributed by atoms with Crippen molar-refractivity contribution in [3.8, 4) is 0 Å². The first kappa shape index (κ1) is 16.8. The number of hydrogen-bond donors (Lipinski definition) is 1. The number of halogens is 2. The normalized spacial score (nSPS) is 11.0. The van der Waals surface area contributed by atoms with Crippen LogP contribution in [0.15, 0.2) is 51.8 Å². The molecule has 0 fully saturated rings. The van der Waals surface area contributed by atoms with E-state index in [-0.39, 0.29) is 21.2 Å². The topological polar surface area (TPSA) is 72.5 Å². The molecule has 2 rings (SSSR count). The zero-order valence-electron chi connectivity index (χ0n) is 11.3. The number of carbonyl (C=O) groups excluding carboxylic acids is 1. The Bertz CT molecular complexity index is 823. The number of nitrogens with one attached hydrogen (secondary N) is 1. The predicted molar refractivity (Wildman–Crippen MR) is 87.7 cm³/mol. The summed E-state index contributed by atoms with van der Waals surface area (Å²) in [4.78, 5) is 11.8. The highest BCUT2D eigenvalue weighted by Crippen LogP contribution is 2.27. The van der Waals surface area contributed by atoms with Crippen LogP contribution in [-0.4, -0.2) is 21.5 Å². The van der Waals surface area contributed by atoms with E-state index >= 15 is 0 Å². The number of esters is 1. The van der Waals surface area contributed by atoms with Gasteiger partial charge in [-0.3, -0.25) is 4.72 Å². The molecule has 0 radical (unpaired) electrons. The molecule has 0 atom stereocenters. The molecular formula is C14H11BrClNO4S. The summed E-state index contributed by atoms with van der Waals surface area (Å²) in [6.07, 6.45) is 0. The van der Waals surface area contributed by atoms with Gasteiger partial charge in [0.2, 0.25) is 0 Å². The van der Waals surface area contributed by atoms with Crippen LogP contribution < -0.4 is 4.72 Å². The Balaban J connectivity index is 2.48. The van der Waals surface area contributed by atoms with Gasteiger partial charge in [0.05, 0.1) is 18.4 Å². The quantitative estimate of drug-likeness (QED) is 0.789. The third-order valence-corrected chi connectivity index (χ3v) is 5.37. The Morgan fingerprint density at radius 1 is 1.23 bits per heavy atom. The van der Waals surface area contributed by atoms with E-state index in [4.69, 9.17) is 11.6 Å². The van der Waals surface area contributed by atoms with E-state index in [1.165, 1.54) is 31.4 Å². The Labute approximate surface area is 141 Å². The van der Waals surface area contributed by atoms with E-state index in [0.29, 0.717) is 4.47 Å². The maximum Gasteiger partial charge on any atom is 0.339 e. The van der Waals surface area contributed by atoms with Crippen LogP contribution in [0.3, 0.4) is 0 Å². The Morgan fingerprint density at radius 3 is 2.55 bits per heavy atom. The number of benzene rings is 2. The molecule has 0 aliphatic rings. The molecule has 2 aromatic carbocycles. The van der Waals surface area contributed by atoms with Gasteiger partial charge < -0.3 is 4.74 Å². The Morgan fingerprint density at radius 2 is 1.91 bits per heavy atom. The molecule has 22 heavy (non-hydrogen) atoms. The summed E-state index contributed by atoms with van der Waals surface area (Å²) in [5, 5.41) is 0.289. The number of rotatable bonds is 4. The van der Waals surface area contributed by atoms with E-state index in [9.17, 15) is 13.2 Å². The SMILES string of the molecule is COC(=O)c1ccc(Cl)cc1NS(=O)(=O)c1ccccc1Br. The molecule has 0 saturated carbocycles. The molecule has 116 valence electrons. The second-order valence-corrected chi connectivity index (χ2v) is 7.16. The molecule has 0 spiro atoms. The molecule has 0 aromatic heterocycles. The number of methoxy groups -OCH3 is 1. The van der Waals surface area contributed by atoms with Crippen LogP contribution in [0.25, 0.3) is 0 Å². The van der Waals surface area contributed by atoms with Crippen molar-refractivity contribution < 1.29 is 17.9 Å². The van der Waals surface area contributed by atoms with Gasteiger partial charge in [0.15, 0.2) is 0 Å². The van der Waals surface area contributed by atoms with Gasteiger partial charge in [-0.25, -0.2) is 13.2 Å². The molecule has 0 aliphatic heterocycles. The highest BCUT2D eigenvalue weighted by Gasteiger charge is 2.21. The van der Waals surface area contributed by atoms with Crippen LogP contribution in [0, 0.1) is 0 Å². The molecule has 8 heteroatoms. The number of carbonyl (C=O) groups is 1. The van der Waals surface area contributed by atoms with Crippen molar-refractivity contribution >= 4 is 49.2 Å². The highest BCUT2D eigenvalue weighted by atomic mass is 79.9. The lowest BCUT2D eigenvalue weighted by Crippen LogP contribution is -2.16. The zero-order chi connectivity index (χ0) is 16.3. The molecule has 2 aromatic rings. The van der Waals surface area contributed by atoms with Crippen molar-refractivity contribution in [2.24, 2.45) is 0 Å². The first-order valence-electron chi connectivity index (χ1n) is 6.00. The van der Waals surface area contributed by atoms with E-state index in [1.807, 2.05) is 0 Å². The van der Waals surface area contributed by atoms with Crippen molar-refractivity contribution in [3.63, 3.8) is 0 Å². The summed E-state index contributed by atoms with van der Waals surface area (Å²) in [6, 6.07) is 10.6. The fourth-order valence-electron chi connectivity index (χ4n) is 1.75. The van der Waals surface area contributed by atoms with Crippen LogP contribution in [0.2, 0.25) is 5.02 Å². The largest absolute Gasteiger partial charge is 0.465 e. The Kier molecular flexibility index (Phi) is 5.10. The minimum atomic E-state index is -3.89. The third-order valence-electron chi connectivity index (χ3n) is 2.76. The van der Waals surface area contributed by atoms with E-state index in [1.54, 1.807) is 18.2 Å². The average Bonchev–Trinajstić information content (AvgIpc) is 2.46. The van der Waals surface area contributed by atoms with Crippen LogP contribution in [-0.2, 0) is 14.8 Å². The van der Waals surface area contributed by atoms with Gasteiger partial charge in [-0.15, -0.1) is 0 Å². The van der Waals surface area contributed by atoms with E-state index in [2.05, 4.69) is 25.4 Å². The van der Waals surface area contributed by atoms with Crippen molar-refractivity contribution in [1.29, 1.82) is 0 Å². The molecule has 0 bridgehead atoms. The van der Waals surface area contributed by atoms with E-state index in [0.717, 1.165) is 0 Å². The van der Waals surface area contributed by atoms with Gasteiger partial charge in [-0.2, -0.15) is 0 Å². The third kappa shape index (κ3) is 3.60. The predicted octanol–water partition coefficient (Wildman–Crippen LogP) is 3.69. The number of sulfonamides is 1. The number of anilines is 1. The van der Waals surface area contributed by atoms with Gasteiger partial charge in [0.25, 0.3) is 10.0 Å². The van der Waals surface area contributed by atoms with Gasteiger partial charge in [-0.1, -0.05) is 23.7 Å². The smallest absolute Gasteiger partial charge is 0.339 e. The standard InChI is InChI=1S/C14H11BrClNO4S/c1-21-14(18)10-7-6-9(16)8-12(10)17-22(19,20)13-5-3-2-4-11(13)15/h2-8,17H,1H3. The molecule has 0 saturated heterocycles. The molecule has 0 aliphatic carbocycles. The molecule has 0 unspecified atom stereocenters. The van der Waals surface area contributed by atoms with Gasteiger partial charge in [-0.05, 0) is 46.3 Å². The summed E-state index contributed by atoms with van der Waals surface area (Å²) < 4.78 is 32.3. The maximum atomic E-state index is 12.5. The van der Waals surface area contributed by atoms with Crippen molar-refractivity contribution in [1.82, 2.24) is 0 Å². The number of hydrogen-bond acceptors (Lipinski definition) is 4. The maximum absolute atomic E-state index is 12.5. The zero-order valence-corrected chi connectivity index (χ0v) is 14.5. The second kappa shape index (κ2) is 6.68. The molecular weight excluding hydrogens is 394 g/mol. The summed E-state index contributed by atoms with van der Waals surface area (Å²) in [5.74, 6) is -0.665. The van der Waals surface area contributed by atoms with Crippen LogP contribution in [0.5, 0.6) is 0 Å². The lowest BCUT2D eigenvalue weighted by Gasteiger charge is -2.12. The lowest BCUT2D eigenvalue weighted by atomic mass is 10.2. The monoisotopic (exact) mass is 403 g/mol. The summed E-state index contributed by atoms with van der Waals surface area (Å²) >= 11 is 9.06. The van der Waals surface area contributed by atoms with Crippen molar-refractivity contribution in [3.05, 3.63) is 57.5 Å². The fourth-order valence-corrected chi connectivity index (χ4v) is 4.00. The number of ether oxygens (including phenoxy) is 1. The second-order valence-electron chi connectivity index (χ2n) is 4.22. The highest BCUT2D eigenvalue weighted by molar-refractivity contribution is 9.10. The Hall–Kier alpha value is -1.57. The first-order valence-corrected chi connectivity index (χ1v) is 8.66. The molecule has 1 N–H and O–H groups in total. The molecule has 0 heterocycles. The molecule has 0 amide bonds. The van der Waals surface area contributed by atoms with Crippen LogP contribution >= 0.6 is 27.5 Å². The first-order chi connectivity index (χ1) is 10.3. The minimum absolute atomic E-state index is 0.0470. The van der Waals surface area contributed by atoms with Crippen LogP contribution in [0.1, 0.15) is 10.4 Å². The van der Waals surface area contributed by atoms with E-state index < -0.39 is 16.0 Å². The summed E-state index contributed by atoms with van der Waals surface area (Å²) in [6.45, 7) is 0. The summed E-state index contributed by atoms with van der Waals surface area (Å²) in [5.41, 5.74) is 0.123. The lowest BCUT2D eigenvalue weighted by molar-refractivity contribution is 0.0602. The molecule has 5 nitrogen and oxygen atoms in total. The van der Waals surface area contributed by atoms with Crippen LogP contribution in [0.4, 0.5) is 5.69 Å². The van der Waals surface area contributed by atoms with Gasteiger partial charge >= 0.3 is 5.97 Å². The average molecular weight is 405 g/mol. The summed E-state index contributed by atoms with van der Waals surface area (Å²) in [7, 11) is -2.68. The van der Waals surface area contributed by atoms with Crippen molar-refractivity contribution in [2.75, 3.05) is 11.8 Å². The van der Waals surface area contributed by atoms with Gasteiger partial charge in [0.1, 0.15) is 4.90 Å². The van der Waals surface area contributed by atoms with Crippen molar-refractivity contribution in [2.45, 2.75) is 4.90 Å².